The molecule has 5 nitrogen and oxygen atoms in total. The summed E-state index contributed by atoms with van der Waals surface area (Å²) in [5.41, 5.74) is 1.60. The van der Waals surface area contributed by atoms with E-state index in [1.807, 2.05) is 25.1 Å². The number of ether oxygens (including phenoxy) is 2. The van der Waals surface area contributed by atoms with E-state index in [1.54, 1.807) is 60.3 Å². The Hall–Kier alpha value is -3.25. The Bertz CT molecular complexity index is 989. The largest absolute Gasteiger partial charge is 0.493 e. The smallest absolute Gasteiger partial charge is 0.338 e. The molecule has 0 atom stereocenters. The SMILES string of the molecule is CCCCOC(=O)c1ccc(NC(=O)c2ccc(OCCSc3ccccc3)cc2)cc1. The number of rotatable bonds is 11. The van der Waals surface area contributed by atoms with Gasteiger partial charge in [-0.2, -0.15) is 0 Å². The molecule has 0 saturated carbocycles. The minimum atomic E-state index is -0.353. The molecular formula is C26H27NO4S. The fraction of sp³-hybridized carbons (Fsp3) is 0.231. The Morgan fingerprint density at radius 2 is 1.53 bits per heavy atom. The van der Waals surface area contributed by atoms with Gasteiger partial charge in [-0.05, 0) is 67.1 Å². The van der Waals surface area contributed by atoms with E-state index in [1.165, 1.54) is 4.90 Å². The molecule has 3 aromatic rings. The molecule has 3 aromatic carbocycles. The molecule has 0 heterocycles. The minimum absolute atomic E-state index is 0.227. The highest BCUT2D eigenvalue weighted by Crippen LogP contribution is 2.19. The van der Waals surface area contributed by atoms with Crippen LogP contribution in [0.5, 0.6) is 5.75 Å². The average Bonchev–Trinajstić information content (AvgIpc) is 2.83. The van der Waals surface area contributed by atoms with Crippen LogP contribution in [-0.2, 0) is 4.74 Å². The molecule has 3 rings (SSSR count). The van der Waals surface area contributed by atoms with Crippen LogP contribution in [-0.4, -0.2) is 30.8 Å². The van der Waals surface area contributed by atoms with Gasteiger partial charge in [0.2, 0.25) is 0 Å². The first-order chi connectivity index (χ1) is 15.7. The molecule has 0 aliphatic heterocycles. The fourth-order valence-electron chi connectivity index (χ4n) is 2.82. The molecule has 1 N–H and O–H groups in total. The Kier molecular flexibility index (Phi) is 9.20. The lowest BCUT2D eigenvalue weighted by atomic mass is 10.1. The van der Waals surface area contributed by atoms with E-state index < -0.39 is 0 Å². The first-order valence-electron chi connectivity index (χ1n) is 10.6. The van der Waals surface area contributed by atoms with E-state index in [0.29, 0.717) is 30.0 Å². The van der Waals surface area contributed by atoms with Crippen molar-refractivity contribution in [3.63, 3.8) is 0 Å². The molecule has 0 saturated heterocycles. The van der Waals surface area contributed by atoms with E-state index in [9.17, 15) is 9.59 Å². The third kappa shape index (κ3) is 7.46. The monoisotopic (exact) mass is 449 g/mol. The zero-order chi connectivity index (χ0) is 22.6. The number of esters is 1. The number of amides is 1. The molecule has 6 heteroatoms. The first-order valence-corrected chi connectivity index (χ1v) is 11.6. The maximum absolute atomic E-state index is 12.5. The molecule has 0 bridgehead atoms. The van der Waals surface area contributed by atoms with Crippen LogP contribution >= 0.6 is 11.8 Å². The van der Waals surface area contributed by atoms with Crippen molar-refractivity contribution >= 4 is 29.3 Å². The lowest BCUT2D eigenvalue weighted by molar-refractivity contribution is 0.0499. The number of benzene rings is 3. The Balaban J connectivity index is 1.44. The van der Waals surface area contributed by atoms with Crippen molar-refractivity contribution in [2.45, 2.75) is 24.7 Å². The van der Waals surface area contributed by atoms with Gasteiger partial charge in [0.1, 0.15) is 5.75 Å². The lowest BCUT2D eigenvalue weighted by Gasteiger charge is -2.09. The Morgan fingerprint density at radius 1 is 0.844 bits per heavy atom. The molecule has 0 fully saturated rings. The van der Waals surface area contributed by atoms with Gasteiger partial charge in [-0.15, -0.1) is 11.8 Å². The van der Waals surface area contributed by atoms with E-state index in [2.05, 4.69) is 17.4 Å². The van der Waals surface area contributed by atoms with E-state index in [-0.39, 0.29) is 11.9 Å². The summed E-state index contributed by atoms with van der Waals surface area (Å²) in [6.45, 7) is 3.04. The molecule has 32 heavy (non-hydrogen) atoms. The van der Waals surface area contributed by atoms with Gasteiger partial charge in [0.25, 0.3) is 5.91 Å². The van der Waals surface area contributed by atoms with Crippen LogP contribution in [0.1, 0.15) is 40.5 Å². The number of thioether (sulfide) groups is 1. The highest BCUT2D eigenvalue weighted by molar-refractivity contribution is 7.99. The maximum Gasteiger partial charge on any atom is 0.338 e. The van der Waals surface area contributed by atoms with Crippen molar-refractivity contribution in [2.24, 2.45) is 0 Å². The second kappa shape index (κ2) is 12.6. The maximum atomic E-state index is 12.5. The number of carbonyl (C=O) groups is 2. The summed E-state index contributed by atoms with van der Waals surface area (Å²) in [6, 6.07) is 23.9. The molecule has 0 aliphatic carbocycles. The van der Waals surface area contributed by atoms with Crippen molar-refractivity contribution in [3.05, 3.63) is 90.0 Å². The molecule has 0 aliphatic rings. The topological polar surface area (TPSA) is 64.6 Å². The van der Waals surface area contributed by atoms with Gasteiger partial charge in [0, 0.05) is 21.9 Å². The van der Waals surface area contributed by atoms with Crippen molar-refractivity contribution in [1.29, 1.82) is 0 Å². The van der Waals surface area contributed by atoms with Crippen LogP contribution in [0.4, 0.5) is 5.69 Å². The van der Waals surface area contributed by atoms with Crippen LogP contribution in [0.2, 0.25) is 0 Å². The number of carbonyl (C=O) groups excluding carboxylic acids is 2. The van der Waals surface area contributed by atoms with Crippen molar-refractivity contribution < 1.29 is 19.1 Å². The van der Waals surface area contributed by atoms with Gasteiger partial charge in [0.05, 0.1) is 18.8 Å². The van der Waals surface area contributed by atoms with Gasteiger partial charge >= 0.3 is 5.97 Å². The Labute approximate surface area is 193 Å². The van der Waals surface area contributed by atoms with Crippen molar-refractivity contribution in [1.82, 2.24) is 0 Å². The van der Waals surface area contributed by atoms with E-state index >= 15 is 0 Å². The van der Waals surface area contributed by atoms with Gasteiger partial charge in [-0.1, -0.05) is 31.5 Å². The predicted molar refractivity (Wildman–Crippen MR) is 129 cm³/mol. The van der Waals surface area contributed by atoms with Crippen molar-refractivity contribution in [2.75, 3.05) is 24.3 Å². The van der Waals surface area contributed by atoms with Crippen LogP contribution in [0.25, 0.3) is 0 Å². The predicted octanol–water partition coefficient (Wildman–Crippen LogP) is 6.07. The fourth-order valence-corrected chi connectivity index (χ4v) is 3.58. The van der Waals surface area contributed by atoms with Crippen LogP contribution < -0.4 is 10.1 Å². The number of hydrogen-bond donors (Lipinski definition) is 1. The summed E-state index contributed by atoms with van der Waals surface area (Å²) < 4.78 is 10.9. The average molecular weight is 450 g/mol. The molecule has 0 unspecified atom stereocenters. The second-order valence-corrected chi connectivity index (χ2v) is 8.22. The van der Waals surface area contributed by atoms with Crippen LogP contribution in [0, 0.1) is 0 Å². The lowest BCUT2D eigenvalue weighted by Crippen LogP contribution is -2.12. The number of hydrogen-bond acceptors (Lipinski definition) is 5. The summed E-state index contributed by atoms with van der Waals surface area (Å²) in [4.78, 5) is 25.7. The molecule has 166 valence electrons. The molecular weight excluding hydrogens is 422 g/mol. The summed E-state index contributed by atoms with van der Waals surface area (Å²) in [6.07, 6.45) is 1.81. The molecule has 0 aromatic heterocycles. The van der Waals surface area contributed by atoms with Crippen LogP contribution in [0.15, 0.2) is 83.8 Å². The number of anilines is 1. The normalized spacial score (nSPS) is 10.4. The van der Waals surface area contributed by atoms with Gasteiger partial charge in [-0.25, -0.2) is 4.79 Å². The van der Waals surface area contributed by atoms with Gasteiger partial charge in [-0.3, -0.25) is 4.79 Å². The molecule has 0 radical (unpaired) electrons. The highest BCUT2D eigenvalue weighted by Gasteiger charge is 2.09. The van der Waals surface area contributed by atoms with Crippen LogP contribution in [0.3, 0.4) is 0 Å². The third-order valence-electron chi connectivity index (χ3n) is 4.59. The first kappa shape index (κ1) is 23.4. The highest BCUT2D eigenvalue weighted by atomic mass is 32.2. The van der Waals surface area contributed by atoms with E-state index in [0.717, 1.165) is 24.3 Å². The third-order valence-corrected chi connectivity index (χ3v) is 5.57. The molecule has 1 amide bonds. The van der Waals surface area contributed by atoms with E-state index in [4.69, 9.17) is 9.47 Å². The van der Waals surface area contributed by atoms with Gasteiger partial charge < -0.3 is 14.8 Å². The molecule has 0 spiro atoms. The standard InChI is InChI=1S/C26H27NO4S/c1-2-3-17-31-26(29)21-9-13-22(14-10-21)27-25(28)20-11-15-23(16-12-20)30-18-19-32-24-7-5-4-6-8-24/h4-16H,2-3,17-19H2,1H3,(H,27,28). The minimum Gasteiger partial charge on any atom is -0.493 e. The second-order valence-electron chi connectivity index (χ2n) is 7.06. The number of unbranched alkanes of at least 4 members (excludes halogenated alkanes) is 1. The quantitative estimate of drug-likeness (QED) is 0.219. The van der Waals surface area contributed by atoms with Crippen molar-refractivity contribution in [3.8, 4) is 5.75 Å². The summed E-state index contributed by atoms with van der Waals surface area (Å²) in [5.74, 6) is 0.985. The zero-order valence-electron chi connectivity index (χ0n) is 18.1. The number of nitrogens with one attached hydrogen (secondary N) is 1. The zero-order valence-corrected chi connectivity index (χ0v) is 18.9. The summed E-state index contributed by atoms with van der Waals surface area (Å²) in [5, 5.41) is 2.83. The summed E-state index contributed by atoms with van der Waals surface area (Å²) >= 11 is 1.74. The van der Waals surface area contributed by atoms with Gasteiger partial charge in [0.15, 0.2) is 0 Å². The summed E-state index contributed by atoms with van der Waals surface area (Å²) in [7, 11) is 0. The Morgan fingerprint density at radius 3 is 2.22 bits per heavy atom.